The summed E-state index contributed by atoms with van der Waals surface area (Å²) in [6.45, 7) is 3.35. The number of amides is 2. The molecule has 170 valence electrons. The van der Waals surface area contributed by atoms with E-state index in [2.05, 4.69) is 0 Å². The number of methoxy groups -OCH3 is 2. The van der Waals surface area contributed by atoms with E-state index in [0.29, 0.717) is 16.5 Å². The maximum absolute atomic E-state index is 13.4. The lowest BCUT2D eigenvalue weighted by Crippen LogP contribution is -2.50. The van der Waals surface area contributed by atoms with Crippen molar-refractivity contribution in [1.82, 2.24) is 9.80 Å². The Labute approximate surface area is 197 Å². The van der Waals surface area contributed by atoms with Gasteiger partial charge in [0.15, 0.2) is 0 Å². The fourth-order valence-electron chi connectivity index (χ4n) is 3.82. The average molecular weight is 475 g/mol. The molecule has 1 fully saturated rings. The van der Waals surface area contributed by atoms with Gasteiger partial charge in [0.2, 0.25) is 0 Å². The minimum Gasteiger partial charge on any atom is -0.469 e. The SMILES string of the molecule is COC(=O)N1C=C(C(=O)N2C(=S)SC[C@@H]2Cc2ccccc2)C=CC1C(C)(C)C(=O)OC. The van der Waals surface area contributed by atoms with Gasteiger partial charge in [0.25, 0.3) is 5.91 Å². The fraction of sp³-hybridized carbons (Fsp3) is 0.391. The van der Waals surface area contributed by atoms with E-state index < -0.39 is 23.5 Å². The largest absolute Gasteiger partial charge is 0.469 e. The van der Waals surface area contributed by atoms with Crippen LogP contribution in [0.3, 0.4) is 0 Å². The van der Waals surface area contributed by atoms with E-state index in [-0.39, 0.29) is 17.5 Å². The van der Waals surface area contributed by atoms with Crippen LogP contribution in [0.2, 0.25) is 0 Å². The van der Waals surface area contributed by atoms with Crippen molar-refractivity contribution in [1.29, 1.82) is 0 Å². The lowest BCUT2D eigenvalue weighted by atomic mass is 9.82. The van der Waals surface area contributed by atoms with Gasteiger partial charge >= 0.3 is 12.1 Å². The van der Waals surface area contributed by atoms with E-state index in [4.69, 9.17) is 21.7 Å². The number of benzene rings is 1. The number of nitrogens with zero attached hydrogens (tertiary/aromatic N) is 2. The predicted octanol–water partition coefficient (Wildman–Crippen LogP) is 3.55. The molecule has 32 heavy (non-hydrogen) atoms. The number of carbonyl (C=O) groups is 3. The summed E-state index contributed by atoms with van der Waals surface area (Å²) in [6, 6.07) is 9.15. The highest BCUT2D eigenvalue weighted by atomic mass is 32.2. The number of carbonyl (C=O) groups excluding carboxylic acids is 3. The van der Waals surface area contributed by atoms with Gasteiger partial charge in [0, 0.05) is 12.0 Å². The van der Waals surface area contributed by atoms with Crippen LogP contribution in [0.25, 0.3) is 0 Å². The molecule has 1 aromatic carbocycles. The van der Waals surface area contributed by atoms with Gasteiger partial charge in [-0.25, -0.2) is 4.79 Å². The summed E-state index contributed by atoms with van der Waals surface area (Å²) >= 11 is 6.93. The van der Waals surface area contributed by atoms with Crippen LogP contribution in [0.5, 0.6) is 0 Å². The topological polar surface area (TPSA) is 76.2 Å². The molecule has 2 heterocycles. The average Bonchev–Trinajstić information content (AvgIpc) is 3.17. The maximum atomic E-state index is 13.4. The van der Waals surface area contributed by atoms with Crippen LogP contribution >= 0.6 is 24.0 Å². The van der Waals surface area contributed by atoms with Crippen molar-refractivity contribution >= 4 is 46.3 Å². The van der Waals surface area contributed by atoms with Crippen LogP contribution in [0.1, 0.15) is 19.4 Å². The Morgan fingerprint density at radius 3 is 2.47 bits per heavy atom. The Bertz CT molecular complexity index is 974. The number of hydrogen-bond donors (Lipinski definition) is 0. The number of thiocarbonyl (C=S) groups is 1. The molecule has 2 amide bonds. The maximum Gasteiger partial charge on any atom is 0.414 e. The second-order valence-corrected chi connectivity index (χ2v) is 9.73. The first kappa shape index (κ1) is 24.0. The number of thioether (sulfide) groups is 1. The zero-order valence-electron chi connectivity index (χ0n) is 18.4. The van der Waals surface area contributed by atoms with Gasteiger partial charge in [-0.1, -0.05) is 60.4 Å². The Morgan fingerprint density at radius 2 is 1.84 bits per heavy atom. The Balaban J connectivity index is 1.88. The lowest BCUT2D eigenvalue weighted by Gasteiger charge is -2.38. The van der Waals surface area contributed by atoms with Crippen LogP contribution in [0.4, 0.5) is 4.79 Å². The predicted molar refractivity (Wildman–Crippen MR) is 127 cm³/mol. The van der Waals surface area contributed by atoms with Gasteiger partial charge in [0.1, 0.15) is 4.32 Å². The van der Waals surface area contributed by atoms with Gasteiger partial charge in [0.05, 0.1) is 37.3 Å². The Morgan fingerprint density at radius 1 is 1.16 bits per heavy atom. The van der Waals surface area contributed by atoms with E-state index in [1.54, 1.807) is 30.9 Å². The smallest absolute Gasteiger partial charge is 0.414 e. The molecular weight excluding hydrogens is 448 g/mol. The molecular formula is C23H26N2O5S2. The first-order valence-corrected chi connectivity index (χ1v) is 11.5. The molecule has 2 aliphatic heterocycles. The standard InChI is InChI=1S/C23H26N2O5S2/c1-23(2,20(27)29-3)18-11-10-16(13-24(18)21(28)30-4)19(26)25-17(14-32-22(25)31)12-15-8-6-5-7-9-15/h5-11,13,17-18H,12,14H2,1-4H3/t17-,18?/m0/s1. The van der Waals surface area contributed by atoms with Crippen molar-refractivity contribution in [3.05, 3.63) is 59.8 Å². The van der Waals surface area contributed by atoms with Crippen molar-refractivity contribution in [2.24, 2.45) is 5.41 Å². The minimum atomic E-state index is -1.06. The molecule has 0 spiro atoms. The zero-order valence-corrected chi connectivity index (χ0v) is 20.1. The van der Waals surface area contributed by atoms with E-state index in [9.17, 15) is 14.4 Å². The molecule has 3 rings (SSSR count). The number of ether oxygens (including phenoxy) is 2. The molecule has 0 radical (unpaired) electrons. The molecule has 0 aliphatic carbocycles. The van der Waals surface area contributed by atoms with E-state index in [1.807, 2.05) is 30.3 Å². The second kappa shape index (κ2) is 9.87. The molecule has 1 saturated heterocycles. The third-order valence-corrected chi connectivity index (χ3v) is 7.16. The molecule has 2 aliphatic rings. The lowest BCUT2D eigenvalue weighted by molar-refractivity contribution is -0.152. The van der Waals surface area contributed by atoms with Crippen LogP contribution < -0.4 is 0 Å². The van der Waals surface area contributed by atoms with Gasteiger partial charge in [-0.15, -0.1) is 0 Å². The number of rotatable bonds is 5. The van der Waals surface area contributed by atoms with Crippen molar-refractivity contribution in [2.75, 3.05) is 20.0 Å². The first-order valence-electron chi connectivity index (χ1n) is 10.1. The van der Waals surface area contributed by atoms with Gasteiger partial charge in [-0.05, 0) is 31.9 Å². The van der Waals surface area contributed by atoms with Crippen LogP contribution in [-0.2, 0) is 25.5 Å². The van der Waals surface area contributed by atoms with Gasteiger partial charge < -0.3 is 9.47 Å². The summed E-state index contributed by atoms with van der Waals surface area (Å²) < 4.78 is 10.3. The van der Waals surface area contributed by atoms with Gasteiger partial charge in [-0.2, -0.15) is 0 Å². The molecule has 0 bridgehead atoms. The molecule has 2 atom stereocenters. The van der Waals surface area contributed by atoms with Crippen molar-refractivity contribution < 1.29 is 23.9 Å². The highest BCUT2D eigenvalue weighted by Crippen LogP contribution is 2.34. The van der Waals surface area contributed by atoms with Crippen LogP contribution in [0.15, 0.2) is 54.3 Å². The molecule has 0 saturated carbocycles. The summed E-state index contributed by atoms with van der Waals surface area (Å²) in [6.07, 6.45) is 4.70. The highest BCUT2D eigenvalue weighted by molar-refractivity contribution is 8.23. The summed E-state index contributed by atoms with van der Waals surface area (Å²) in [4.78, 5) is 41.2. The third-order valence-electron chi connectivity index (χ3n) is 5.61. The summed E-state index contributed by atoms with van der Waals surface area (Å²) in [5.74, 6) is -0.0699. The van der Waals surface area contributed by atoms with E-state index in [0.717, 1.165) is 5.56 Å². The van der Waals surface area contributed by atoms with Crippen LogP contribution in [0, 0.1) is 5.41 Å². The minimum absolute atomic E-state index is 0.0903. The monoisotopic (exact) mass is 474 g/mol. The first-order chi connectivity index (χ1) is 15.2. The second-order valence-electron chi connectivity index (χ2n) is 8.07. The fourth-order valence-corrected chi connectivity index (χ4v) is 5.22. The molecule has 0 N–H and O–H groups in total. The van der Waals surface area contributed by atoms with Crippen LogP contribution in [-0.4, -0.2) is 64.1 Å². The molecule has 1 aromatic rings. The summed E-state index contributed by atoms with van der Waals surface area (Å²) in [5.41, 5.74) is 0.346. The Hall–Kier alpha value is -2.65. The molecule has 9 heteroatoms. The van der Waals surface area contributed by atoms with E-state index in [1.165, 1.54) is 37.1 Å². The van der Waals surface area contributed by atoms with Crippen molar-refractivity contribution in [3.8, 4) is 0 Å². The summed E-state index contributed by atoms with van der Waals surface area (Å²) in [5, 5.41) is 0. The molecule has 0 aromatic heterocycles. The normalized spacial score (nSPS) is 20.8. The number of esters is 1. The molecule has 7 nitrogen and oxygen atoms in total. The zero-order chi connectivity index (χ0) is 23.5. The van der Waals surface area contributed by atoms with E-state index >= 15 is 0 Å². The third kappa shape index (κ3) is 4.73. The number of hydrogen-bond acceptors (Lipinski definition) is 7. The summed E-state index contributed by atoms with van der Waals surface area (Å²) in [7, 11) is 2.54. The Kier molecular flexibility index (Phi) is 7.40. The molecule has 1 unspecified atom stereocenters. The quantitative estimate of drug-likeness (QED) is 0.477. The highest BCUT2D eigenvalue weighted by Gasteiger charge is 2.44. The van der Waals surface area contributed by atoms with Crippen molar-refractivity contribution in [2.45, 2.75) is 32.4 Å². The van der Waals surface area contributed by atoms with Gasteiger partial charge in [-0.3, -0.25) is 19.4 Å². The van der Waals surface area contributed by atoms with Crippen molar-refractivity contribution in [3.63, 3.8) is 0 Å².